The van der Waals surface area contributed by atoms with Gasteiger partial charge in [0.15, 0.2) is 0 Å². The summed E-state index contributed by atoms with van der Waals surface area (Å²) in [6.07, 6.45) is 13.6. The van der Waals surface area contributed by atoms with E-state index in [1.165, 1.54) is 69.8 Å². The van der Waals surface area contributed by atoms with Gasteiger partial charge in [0.05, 0.1) is 0 Å². The molecule has 0 fully saturated rings. The van der Waals surface area contributed by atoms with Gasteiger partial charge in [-0.2, -0.15) is 0 Å². The van der Waals surface area contributed by atoms with Crippen molar-refractivity contribution in [1.29, 1.82) is 0 Å². The molecule has 0 heteroatoms. The van der Waals surface area contributed by atoms with Crippen molar-refractivity contribution in [3.8, 4) is 0 Å². The van der Waals surface area contributed by atoms with Crippen molar-refractivity contribution < 1.29 is 0 Å². The zero-order valence-corrected chi connectivity index (χ0v) is 11.9. The average Bonchev–Trinajstić information content (AvgIpc) is 2.30. The van der Waals surface area contributed by atoms with Gasteiger partial charge in [-0.15, -0.1) is 0 Å². The molecule has 0 aliphatic carbocycles. The Morgan fingerprint density at radius 3 is 2.06 bits per heavy atom. The lowest BCUT2D eigenvalue weighted by Crippen LogP contribution is -1.98. The minimum atomic E-state index is 0.746. The molecule has 0 aromatic heterocycles. The fraction of sp³-hybridized carbons (Fsp3) is 0.875. The van der Waals surface area contributed by atoms with Crippen LogP contribution in [0.1, 0.15) is 85.0 Å². The van der Waals surface area contributed by atoms with Gasteiger partial charge in [-0.25, -0.2) is 0 Å². The zero-order chi connectivity index (χ0) is 12.2. The third kappa shape index (κ3) is 9.00. The van der Waals surface area contributed by atoms with Gasteiger partial charge >= 0.3 is 0 Å². The van der Waals surface area contributed by atoms with Gasteiger partial charge in [-0.3, -0.25) is 0 Å². The van der Waals surface area contributed by atoms with Crippen molar-refractivity contribution in [1.82, 2.24) is 0 Å². The van der Waals surface area contributed by atoms with Crippen LogP contribution in [0.2, 0.25) is 0 Å². The Hall–Kier alpha value is -0.260. The summed E-state index contributed by atoms with van der Waals surface area (Å²) in [5.74, 6) is 0.746. The van der Waals surface area contributed by atoms with Crippen molar-refractivity contribution >= 4 is 0 Å². The first kappa shape index (κ1) is 15.7. The second-order valence-corrected chi connectivity index (χ2v) is 5.22. The summed E-state index contributed by atoms with van der Waals surface area (Å²) < 4.78 is 0. The third-order valence-electron chi connectivity index (χ3n) is 3.54. The number of hydrogen-bond acceptors (Lipinski definition) is 0. The monoisotopic (exact) mass is 224 g/mol. The van der Waals surface area contributed by atoms with E-state index in [0.29, 0.717) is 0 Å². The molecule has 0 aromatic carbocycles. The van der Waals surface area contributed by atoms with Crippen molar-refractivity contribution in [2.24, 2.45) is 5.92 Å². The van der Waals surface area contributed by atoms with E-state index in [1.54, 1.807) is 0 Å². The highest BCUT2D eigenvalue weighted by Gasteiger charge is 2.05. The Morgan fingerprint density at radius 1 is 0.875 bits per heavy atom. The zero-order valence-electron chi connectivity index (χ0n) is 11.9. The minimum absolute atomic E-state index is 0.746. The molecule has 96 valence electrons. The van der Waals surface area contributed by atoms with Gasteiger partial charge in [-0.05, 0) is 25.2 Å². The molecule has 1 atom stereocenters. The van der Waals surface area contributed by atoms with E-state index >= 15 is 0 Å². The fourth-order valence-corrected chi connectivity index (χ4v) is 2.09. The van der Waals surface area contributed by atoms with Gasteiger partial charge in [0, 0.05) is 0 Å². The lowest BCUT2D eigenvalue weighted by Gasteiger charge is -2.14. The van der Waals surface area contributed by atoms with Crippen LogP contribution in [0.15, 0.2) is 12.2 Å². The topological polar surface area (TPSA) is 0 Å². The predicted molar refractivity (Wildman–Crippen MR) is 75.8 cm³/mol. The summed E-state index contributed by atoms with van der Waals surface area (Å²) in [6, 6.07) is 0. The van der Waals surface area contributed by atoms with E-state index in [1.807, 2.05) is 0 Å². The summed E-state index contributed by atoms with van der Waals surface area (Å²) in [6.45, 7) is 11.1. The summed E-state index contributed by atoms with van der Waals surface area (Å²) in [5.41, 5.74) is 1.49. The molecule has 16 heavy (non-hydrogen) atoms. The Kier molecular flexibility index (Phi) is 11.0. The van der Waals surface area contributed by atoms with E-state index in [9.17, 15) is 0 Å². The lowest BCUT2D eigenvalue weighted by atomic mass is 9.92. The molecule has 0 nitrogen and oxygen atoms in total. The van der Waals surface area contributed by atoms with Crippen LogP contribution in [0, 0.1) is 5.92 Å². The largest absolute Gasteiger partial charge is 0.0996 e. The molecule has 0 spiro atoms. The summed E-state index contributed by atoms with van der Waals surface area (Å²) in [4.78, 5) is 0. The van der Waals surface area contributed by atoms with Crippen LogP contribution in [0.3, 0.4) is 0 Å². The number of unbranched alkanes of at least 4 members (excludes halogenated alkanes) is 6. The highest BCUT2D eigenvalue weighted by atomic mass is 14.1. The van der Waals surface area contributed by atoms with Crippen LogP contribution >= 0.6 is 0 Å². The van der Waals surface area contributed by atoms with E-state index in [0.717, 1.165) is 5.92 Å². The van der Waals surface area contributed by atoms with Gasteiger partial charge in [0.2, 0.25) is 0 Å². The first-order chi connectivity index (χ1) is 7.72. The molecule has 0 saturated carbocycles. The molecule has 1 unspecified atom stereocenters. The van der Waals surface area contributed by atoms with Crippen molar-refractivity contribution in [2.45, 2.75) is 85.0 Å². The molecule has 0 aliphatic rings. The smallest absolute Gasteiger partial charge is 0.0234 e. The van der Waals surface area contributed by atoms with Crippen LogP contribution < -0.4 is 0 Å². The SMILES string of the molecule is C=C(CCCCCCCC)C(C)CCCC. The molecule has 0 saturated heterocycles. The molecular formula is C16H32. The summed E-state index contributed by atoms with van der Waals surface area (Å²) >= 11 is 0. The van der Waals surface area contributed by atoms with Crippen molar-refractivity contribution in [2.75, 3.05) is 0 Å². The van der Waals surface area contributed by atoms with E-state index in [-0.39, 0.29) is 0 Å². The average molecular weight is 224 g/mol. The summed E-state index contributed by atoms with van der Waals surface area (Å²) in [7, 11) is 0. The lowest BCUT2D eigenvalue weighted by molar-refractivity contribution is 0.536. The maximum atomic E-state index is 4.24. The number of hydrogen-bond donors (Lipinski definition) is 0. The molecule has 0 N–H and O–H groups in total. The van der Waals surface area contributed by atoms with E-state index in [4.69, 9.17) is 0 Å². The van der Waals surface area contributed by atoms with Gasteiger partial charge in [0.25, 0.3) is 0 Å². The second kappa shape index (κ2) is 11.2. The van der Waals surface area contributed by atoms with Gasteiger partial charge in [0.1, 0.15) is 0 Å². The molecule has 0 bridgehead atoms. The first-order valence-corrected chi connectivity index (χ1v) is 7.40. The number of rotatable bonds is 11. The Bertz CT molecular complexity index is 157. The Balaban J connectivity index is 3.35. The second-order valence-electron chi connectivity index (χ2n) is 5.22. The first-order valence-electron chi connectivity index (χ1n) is 7.40. The molecule has 0 radical (unpaired) electrons. The standard InChI is InChI=1S/C16H32/c1-5-7-9-10-11-12-14-16(4)15(3)13-8-6-2/h15H,4-14H2,1-3H3. The van der Waals surface area contributed by atoms with Crippen LogP contribution in [0.4, 0.5) is 0 Å². The highest BCUT2D eigenvalue weighted by molar-refractivity contribution is 4.98. The maximum absolute atomic E-state index is 4.24. The Morgan fingerprint density at radius 2 is 1.44 bits per heavy atom. The van der Waals surface area contributed by atoms with Gasteiger partial charge in [-0.1, -0.05) is 77.9 Å². The maximum Gasteiger partial charge on any atom is -0.0234 e. The minimum Gasteiger partial charge on any atom is -0.0996 e. The van der Waals surface area contributed by atoms with Crippen LogP contribution in [0.25, 0.3) is 0 Å². The number of allylic oxidation sites excluding steroid dienone is 1. The van der Waals surface area contributed by atoms with Crippen LogP contribution in [-0.4, -0.2) is 0 Å². The summed E-state index contributed by atoms with van der Waals surface area (Å²) in [5, 5.41) is 0. The molecule has 0 aromatic rings. The van der Waals surface area contributed by atoms with Gasteiger partial charge < -0.3 is 0 Å². The van der Waals surface area contributed by atoms with E-state index < -0.39 is 0 Å². The van der Waals surface area contributed by atoms with Crippen molar-refractivity contribution in [3.63, 3.8) is 0 Å². The predicted octanol–water partition coefficient (Wildman–Crippen LogP) is 6.12. The molecule has 0 heterocycles. The highest BCUT2D eigenvalue weighted by Crippen LogP contribution is 2.21. The normalized spacial score (nSPS) is 12.7. The molecule has 0 rings (SSSR count). The van der Waals surface area contributed by atoms with E-state index in [2.05, 4.69) is 27.4 Å². The third-order valence-corrected chi connectivity index (χ3v) is 3.54. The quantitative estimate of drug-likeness (QED) is 0.293. The van der Waals surface area contributed by atoms with Crippen LogP contribution in [0.5, 0.6) is 0 Å². The molecular weight excluding hydrogens is 192 g/mol. The molecule has 0 aliphatic heterocycles. The van der Waals surface area contributed by atoms with Crippen molar-refractivity contribution in [3.05, 3.63) is 12.2 Å². The fourth-order valence-electron chi connectivity index (χ4n) is 2.09. The molecule has 0 amide bonds. The van der Waals surface area contributed by atoms with Crippen LogP contribution in [-0.2, 0) is 0 Å². The Labute approximate surface area is 104 Å².